The number of ether oxygens (including phenoxy) is 2. The van der Waals surface area contributed by atoms with Gasteiger partial charge in [-0.2, -0.15) is 0 Å². The Kier molecular flexibility index (Phi) is 2.97. The van der Waals surface area contributed by atoms with Crippen molar-refractivity contribution >= 4 is 0 Å². The number of methoxy groups -OCH3 is 1. The highest BCUT2D eigenvalue weighted by atomic mass is 19.3. The van der Waals surface area contributed by atoms with Crippen LogP contribution in [0.2, 0.25) is 0 Å². The van der Waals surface area contributed by atoms with Crippen molar-refractivity contribution in [1.82, 2.24) is 0 Å². The van der Waals surface area contributed by atoms with Crippen LogP contribution in [0.1, 0.15) is 32.1 Å². The van der Waals surface area contributed by atoms with Gasteiger partial charge in [0, 0.05) is 26.6 Å². The molecule has 2 fully saturated rings. The van der Waals surface area contributed by atoms with E-state index < -0.39 is 17.1 Å². The highest BCUT2D eigenvalue weighted by Gasteiger charge is 2.65. The van der Waals surface area contributed by atoms with Crippen molar-refractivity contribution in [3.05, 3.63) is 0 Å². The maximum Gasteiger partial charge on any atom is 0.251 e. The first-order valence-electron chi connectivity index (χ1n) is 5.73. The Bertz CT molecular complexity index is 251. The van der Waals surface area contributed by atoms with E-state index in [0.29, 0.717) is 19.6 Å². The minimum atomic E-state index is -2.63. The average molecular weight is 235 g/mol. The lowest BCUT2D eigenvalue weighted by Crippen LogP contribution is -2.73. The van der Waals surface area contributed by atoms with E-state index in [2.05, 4.69) is 0 Å². The fourth-order valence-electron chi connectivity index (χ4n) is 2.93. The summed E-state index contributed by atoms with van der Waals surface area (Å²) in [5.41, 5.74) is 4.46. The molecule has 2 rings (SSSR count). The lowest BCUT2D eigenvalue weighted by Gasteiger charge is -2.57. The van der Waals surface area contributed by atoms with Gasteiger partial charge in [0.15, 0.2) is 0 Å². The number of rotatable bonds is 3. The molecule has 2 aliphatic rings. The Hall–Kier alpha value is -0.260. The van der Waals surface area contributed by atoms with E-state index in [1.165, 1.54) is 0 Å². The van der Waals surface area contributed by atoms with Crippen LogP contribution in [0.5, 0.6) is 0 Å². The molecule has 5 heteroatoms. The number of hydrogen-bond donors (Lipinski definition) is 1. The van der Waals surface area contributed by atoms with Crippen LogP contribution in [-0.4, -0.2) is 37.4 Å². The molecule has 0 radical (unpaired) electrons. The van der Waals surface area contributed by atoms with E-state index in [-0.39, 0.29) is 12.8 Å². The Labute approximate surface area is 94.3 Å². The molecule has 1 aliphatic carbocycles. The van der Waals surface area contributed by atoms with E-state index in [4.69, 9.17) is 15.2 Å². The summed E-state index contributed by atoms with van der Waals surface area (Å²) in [5, 5.41) is 0. The first kappa shape index (κ1) is 12.2. The van der Waals surface area contributed by atoms with E-state index in [0.717, 1.165) is 12.8 Å². The number of alkyl halides is 2. The van der Waals surface area contributed by atoms with Crippen molar-refractivity contribution in [2.45, 2.75) is 49.2 Å². The predicted octanol–water partition coefficient (Wildman–Crippen LogP) is 1.70. The zero-order valence-electron chi connectivity index (χ0n) is 9.60. The number of nitrogens with two attached hydrogens (primary N) is 1. The van der Waals surface area contributed by atoms with Gasteiger partial charge in [0.2, 0.25) is 0 Å². The minimum absolute atomic E-state index is 0.288. The van der Waals surface area contributed by atoms with Gasteiger partial charge in [0.25, 0.3) is 5.92 Å². The second kappa shape index (κ2) is 3.89. The van der Waals surface area contributed by atoms with Crippen molar-refractivity contribution in [3.63, 3.8) is 0 Å². The average Bonchev–Trinajstić information content (AvgIpc) is 2.16. The summed E-state index contributed by atoms with van der Waals surface area (Å²) >= 11 is 0. The molecule has 1 unspecified atom stereocenters. The van der Waals surface area contributed by atoms with Crippen LogP contribution in [0.4, 0.5) is 8.78 Å². The van der Waals surface area contributed by atoms with E-state index >= 15 is 0 Å². The summed E-state index contributed by atoms with van der Waals surface area (Å²) in [6.45, 7) is 0.896. The van der Waals surface area contributed by atoms with Gasteiger partial charge in [-0.1, -0.05) is 0 Å². The molecule has 0 aromatic heterocycles. The lowest BCUT2D eigenvalue weighted by atomic mass is 9.62. The van der Waals surface area contributed by atoms with Gasteiger partial charge in [0.05, 0.1) is 12.1 Å². The predicted molar refractivity (Wildman–Crippen MR) is 55.5 cm³/mol. The standard InChI is InChI=1S/C11H19F2NO2/c1-15-8-10(4-2-3-5-16-10)9(14)6-11(12,13)7-9/h2-8,14H2,1H3. The second-order valence-electron chi connectivity index (χ2n) is 5.10. The summed E-state index contributed by atoms with van der Waals surface area (Å²) in [7, 11) is 1.56. The molecule has 1 saturated heterocycles. The van der Waals surface area contributed by atoms with E-state index in [9.17, 15) is 8.78 Å². The van der Waals surface area contributed by atoms with Crippen LogP contribution in [0, 0.1) is 0 Å². The van der Waals surface area contributed by atoms with Crippen LogP contribution in [-0.2, 0) is 9.47 Å². The number of hydrogen-bond acceptors (Lipinski definition) is 3. The third-order valence-corrected chi connectivity index (χ3v) is 3.79. The molecule has 0 aromatic rings. The summed E-state index contributed by atoms with van der Waals surface area (Å²) in [4.78, 5) is 0. The van der Waals surface area contributed by atoms with Crippen molar-refractivity contribution in [1.29, 1.82) is 0 Å². The van der Waals surface area contributed by atoms with Crippen molar-refractivity contribution in [2.24, 2.45) is 5.73 Å². The Balaban J connectivity index is 2.13. The smallest absolute Gasteiger partial charge is 0.251 e. The van der Waals surface area contributed by atoms with Crippen molar-refractivity contribution < 1.29 is 18.3 Å². The molecule has 0 bridgehead atoms. The fourth-order valence-corrected chi connectivity index (χ4v) is 2.93. The summed E-state index contributed by atoms with van der Waals surface area (Å²) in [5.74, 6) is -2.63. The van der Waals surface area contributed by atoms with Gasteiger partial charge in [-0.05, 0) is 19.3 Å². The van der Waals surface area contributed by atoms with Gasteiger partial charge in [0.1, 0.15) is 5.60 Å². The van der Waals surface area contributed by atoms with Crippen LogP contribution < -0.4 is 5.73 Å². The highest BCUT2D eigenvalue weighted by molar-refractivity contribution is 5.16. The van der Waals surface area contributed by atoms with Crippen LogP contribution in [0.15, 0.2) is 0 Å². The highest BCUT2D eigenvalue weighted by Crippen LogP contribution is 2.52. The monoisotopic (exact) mass is 235 g/mol. The number of halogens is 2. The maximum absolute atomic E-state index is 13.0. The molecular formula is C11H19F2NO2. The molecule has 1 aliphatic heterocycles. The largest absolute Gasteiger partial charge is 0.382 e. The van der Waals surface area contributed by atoms with Crippen LogP contribution in [0.3, 0.4) is 0 Å². The molecule has 1 heterocycles. The molecule has 16 heavy (non-hydrogen) atoms. The molecule has 2 N–H and O–H groups in total. The third kappa shape index (κ3) is 1.85. The van der Waals surface area contributed by atoms with E-state index in [1.54, 1.807) is 7.11 Å². The topological polar surface area (TPSA) is 44.5 Å². The normalized spacial score (nSPS) is 36.8. The summed E-state index contributed by atoms with van der Waals surface area (Å²) < 4.78 is 36.9. The molecule has 0 spiro atoms. The maximum atomic E-state index is 13.0. The van der Waals surface area contributed by atoms with Crippen LogP contribution >= 0.6 is 0 Å². The SMILES string of the molecule is COCC1(C2(N)CC(F)(F)C2)CCCCO1. The van der Waals surface area contributed by atoms with Gasteiger partial charge >= 0.3 is 0 Å². The van der Waals surface area contributed by atoms with Gasteiger partial charge < -0.3 is 15.2 Å². The van der Waals surface area contributed by atoms with Crippen molar-refractivity contribution in [3.8, 4) is 0 Å². The second-order valence-corrected chi connectivity index (χ2v) is 5.10. The van der Waals surface area contributed by atoms with Gasteiger partial charge in [-0.15, -0.1) is 0 Å². The Morgan fingerprint density at radius 2 is 2.00 bits per heavy atom. The van der Waals surface area contributed by atoms with E-state index in [1.807, 2.05) is 0 Å². The molecular weight excluding hydrogens is 216 g/mol. The molecule has 1 saturated carbocycles. The van der Waals surface area contributed by atoms with Crippen LogP contribution in [0.25, 0.3) is 0 Å². The zero-order valence-corrected chi connectivity index (χ0v) is 9.60. The Morgan fingerprint density at radius 1 is 1.31 bits per heavy atom. The Morgan fingerprint density at radius 3 is 2.44 bits per heavy atom. The first-order chi connectivity index (χ1) is 7.43. The molecule has 3 nitrogen and oxygen atoms in total. The molecule has 0 aromatic carbocycles. The molecule has 0 amide bonds. The molecule has 94 valence electrons. The lowest BCUT2D eigenvalue weighted by molar-refractivity contribution is -0.234. The zero-order chi connectivity index (χ0) is 11.9. The molecule has 1 atom stereocenters. The quantitative estimate of drug-likeness (QED) is 0.809. The fraction of sp³-hybridized carbons (Fsp3) is 1.00. The summed E-state index contributed by atoms with van der Waals surface area (Å²) in [6, 6.07) is 0. The summed E-state index contributed by atoms with van der Waals surface area (Å²) in [6.07, 6.45) is 2.08. The van der Waals surface area contributed by atoms with Gasteiger partial charge in [-0.3, -0.25) is 0 Å². The van der Waals surface area contributed by atoms with Gasteiger partial charge in [-0.25, -0.2) is 8.78 Å². The minimum Gasteiger partial charge on any atom is -0.382 e. The van der Waals surface area contributed by atoms with Crippen molar-refractivity contribution in [2.75, 3.05) is 20.3 Å². The first-order valence-corrected chi connectivity index (χ1v) is 5.73. The third-order valence-electron chi connectivity index (χ3n) is 3.79.